The van der Waals surface area contributed by atoms with Gasteiger partial charge in [-0.05, 0) is 32.2 Å². The summed E-state index contributed by atoms with van der Waals surface area (Å²) in [6, 6.07) is -3.22. The minimum absolute atomic E-state index is 0.0717. The van der Waals surface area contributed by atoms with Crippen LogP contribution in [0.25, 0.3) is 0 Å². The second kappa shape index (κ2) is 10.4. The van der Waals surface area contributed by atoms with Crippen LogP contribution in [0.2, 0.25) is 0 Å². The Hall–Kier alpha value is -1.81. The van der Waals surface area contributed by atoms with Crippen LogP contribution in [0.3, 0.4) is 0 Å². The quantitative estimate of drug-likeness (QED) is 0.277. The predicted octanol–water partition coefficient (Wildman–Crippen LogP) is -1.12. The van der Waals surface area contributed by atoms with Crippen LogP contribution < -0.4 is 21.3 Å². The van der Waals surface area contributed by atoms with Crippen molar-refractivity contribution in [2.24, 2.45) is 5.92 Å². The number of carboxylic acid groups (broad SMARTS) is 1. The molecule has 0 aliphatic carbocycles. The van der Waals surface area contributed by atoms with Crippen molar-refractivity contribution in [3.8, 4) is 0 Å². The van der Waals surface area contributed by atoms with Gasteiger partial charge in [0.05, 0.1) is 6.04 Å². The maximum absolute atomic E-state index is 12.5. The highest BCUT2D eigenvalue weighted by atomic mass is 32.1. The average Bonchev–Trinajstić information content (AvgIpc) is 3.11. The second-order valence-corrected chi connectivity index (χ2v) is 7.06. The van der Waals surface area contributed by atoms with Gasteiger partial charge >= 0.3 is 5.97 Å². The van der Waals surface area contributed by atoms with Gasteiger partial charge in [0.25, 0.3) is 0 Å². The minimum atomic E-state index is -1.17. The molecule has 148 valence electrons. The molecule has 1 heterocycles. The van der Waals surface area contributed by atoms with Crippen LogP contribution in [0.4, 0.5) is 0 Å². The van der Waals surface area contributed by atoms with Gasteiger partial charge in [0.2, 0.25) is 17.7 Å². The standard InChI is InChI=1S/C16H28N4O5S/c1-8(2)12(15(23)18-9(3)16(24)25)20-14(22)11(7-26)19-13(21)10-5-4-6-17-10/h8-12,17,26H,4-7H2,1-3H3,(H,18,23)(H,19,21)(H,20,22)(H,24,25). The Morgan fingerprint density at radius 2 is 1.77 bits per heavy atom. The predicted molar refractivity (Wildman–Crippen MR) is 98.8 cm³/mol. The molecular weight excluding hydrogens is 360 g/mol. The van der Waals surface area contributed by atoms with Gasteiger partial charge in [-0.2, -0.15) is 12.6 Å². The van der Waals surface area contributed by atoms with E-state index in [1.54, 1.807) is 13.8 Å². The van der Waals surface area contributed by atoms with E-state index < -0.39 is 35.9 Å². The first-order valence-electron chi connectivity index (χ1n) is 8.65. The fourth-order valence-electron chi connectivity index (χ4n) is 2.53. The molecule has 1 aliphatic rings. The van der Waals surface area contributed by atoms with Gasteiger partial charge in [-0.3, -0.25) is 19.2 Å². The summed E-state index contributed by atoms with van der Waals surface area (Å²) >= 11 is 4.11. The van der Waals surface area contributed by atoms with Crippen molar-refractivity contribution < 1.29 is 24.3 Å². The van der Waals surface area contributed by atoms with E-state index in [2.05, 4.69) is 33.9 Å². The molecule has 5 N–H and O–H groups in total. The summed E-state index contributed by atoms with van der Waals surface area (Å²) < 4.78 is 0. The van der Waals surface area contributed by atoms with Crippen LogP contribution in [-0.4, -0.2) is 65.3 Å². The Bertz CT molecular complexity index is 537. The molecule has 4 atom stereocenters. The SMILES string of the molecule is CC(NC(=O)C(NC(=O)C(CS)NC(=O)C1CCCN1)C(C)C)C(=O)O. The van der Waals surface area contributed by atoms with Crippen LogP contribution in [0.15, 0.2) is 0 Å². The van der Waals surface area contributed by atoms with E-state index >= 15 is 0 Å². The third kappa shape index (κ3) is 6.49. The number of carboxylic acids is 1. The number of carbonyl (C=O) groups excluding carboxylic acids is 3. The van der Waals surface area contributed by atoms with Crippen LogP contribution in [0.5, 0.6) is 0 Å². The van der Waals surface area contributed by atoms with Crippen molar-refractivity contribution >= 4 is 36.3 Å². The number of thiol groups is 1. The number of nitrogens with one attached hydrogen (secondary N) is 4. The molecule has 4 unspecified atom stereocenters. The van der Waals surface area contributed by atoms with Crippen molar-refractivity contribution in [3.05, 3.63) is 0 Å². The van der Waals surface area contributed by atoms with E-state index in [4.69, 9.17) is 5.11 Å². The van der Waals surface area contributed by atoms with Crippen molar-refractivity contribution in [3.63, 3.8) is 0 Å². The first-order chi connectivity index (χ1) is 12.2. The van der Waals surface area contributed by atoms with E-state index in [0.29, 0.717) is 6.42 Å². The van der Waals surface area contributed by atoms with Gasteiger partial charge in [0, 0.05) is 5.75 Å². The van der Waals surface area contributed by atoms with E-state index in [1.165, 1.54) is 6.92 Å². The molecule has 0 aromatic rings. The van der Waals surface area contributed by atoms with Crippen LogP contribution in [-0.2, 0) is 19.2 Å². The van der Waals surface area contributed by atoms with Crippen molar-refractivity contribution in [1.29, 1.82) is 0 Å². The zero-order valence-electron chi connectivity index (χ0n) is 15.2. The maximum atomic E-state index is 12.5. The normalized spacial score (nSPS) is 20.1. The first kappa shape index (κ1) is 22.2. The van der Waals surface area contributed by atoms with Gasteiger partial charge in [-0.15, -0.1) is 0 Å². The molecule has 1 rings (SSSR count). The summed E-state index contributed by atoms with van der Waals surface area (Å²) in [7, 11) is 0. The summed E-state index contributed by atoms with van der Waals surface area (Å²) in [5.41, 5.74) is 0. The minimum Gasteiger partial charge on any atom is -0.480 e. The Labute approximate surface area is 158 Å². The zero-order valence-corrected chi connectivity index (χ0v) is 16.1. The summed E-state index contributed by atoms with van der Waals surface area (Å²) in [4.78, 5) is 47.8. The molecule has 1 saturated heterocycles. The lowest BCUT2D eigenvalue weighted by atomic mass is 10.0. The summed E-state index contributed by atoms with van der Waals surface area (Å²) in [5, 5.41) is 19.5. The van der Waals surface area contributed by atoms with E-state index in [0.717, 1.165) is 13.0 Å². The maximum Gasteiger partial charge on any atom is 0.325 e. The highest BCUT2D eigenvalue weighted by molar-refractivity contribution is 7.80. The molecule has 0 saturated carbocycles. The number of carbonyl (C=O) groups is 4. The Morgan fingerprint density at radius 3 is 2.23 bits per heavy atom. The third-order valence-electron chi connectivity index (χ3n) is 4.17. The molecule has 1 fully saturated rings. The highest BCUT2D eigenvalue weighted by Gasteiger charge is 2.31. The lowest BCUT2D eigenvalue weighted by Crippen LogP contribution is -2.58. The van der Waals surface area contributed by atoms with Crippen LogP contribution >= 0.6 is 12.6 Å². The fraction of sp³-hybridized carbons (Fsp3) is 0.750. The van der Waals surface area contributed by atoms with Crippen molar-refractivity contribution in [2.75, 3.05) is 12.3 Å². The number of aliphatic carboxylic acids is 1. The molecule has 3 amide bonds. The number of amides is 3. The smallest absolute Gasteiger partial charge is 0.325 e. The van der Waals surface area contributed by atoms with E-state index in [1.807, 2.05) is 0 Å². The molecule has 9 nitrogen and oxygen atoms in total. The molecule has 0 aromatic heterocycles. The highest BCUT2D eigenvalue weighted by Crippen LogP contribution is 2.07. The number of hydrogen-bond donors (Lipinski definition) is 6. The first-order valence-corrected chi connectivity index (χ1v) is 9.28. The second-order valence-electron chi connectivity index (χ2n) is 6.69. The Morgan fingerprint density at radius 1 is 1.12 bits per heavy atom. The van der Waals surface area contributed by atoms with Crippen molar-refractivity contribution in [1.82, 2.24) is 21.3 Å². The summed E-state index contributed by atoms with van der Waals surface area (Å²) in [5.74, 6) is -2.78. The summed E-state index contributed by atoms with van der Waals surface area (Å²) in [6.07, 6.45) is 1.60. The molecule has 0 aromatic carbocycles. The molecule has 10 heteroatoms. The van der Waals surface area contributed by atoms with Gasteiger partial charge in [0.1, 0.15) is 18.1 Å². The van der Waals surface area contributed by atoms with E-state index in [9.17, 15) is 19.2 Å². The largest absolute Gasteiger partial charge is 0.480 e. The average molecular weight is 388 g/mol. The molecule has 1 aliphatic heterocycles. The lowest BCUT2D eigenvalue weighted by Gasteiger charge is -2.26. The molecule has 0 spiro atoms. The number of hydrogen-bond acceptors (Lipinski definition) is 6. The van der Waals surface area contributed by atoms with Crippen LogP contribution in [0.1, 0.15) is 33.6 Å². The topological polar surface area (TPSA) is 137 Å². The van der Waals surface area contributed by atoms with Crippen molar-refractivity contribution in [2.45, 2.75) is 57.8 Å². The molecule has 26 heavy (non-hydrogen) atoms. The third-order valence-corrected chi connectivity index (χ3v) is 4.53. The van der Waals surface area contributed by atoms with Crippen LogP contribution in [0, 0.1) is 5.92 Å². The fourth-order valence-corrected chi connectivity index (χ4v) is 2.79. The van der Waals surface area contributed by atoms with Gasteiger partial charge in [-0.25, -0.2) is 0 Å². The monoisotopic (exact) mass is 388 g/mol. The summed E-state index contributed by atoms with van der Waals surface area (Å²) in [6.45, 7) is 5.55. The zero-order chi connectivity index (χ0) is 19.9. The number of rotatable bonds is 9. The van der Waals surface area contributed by atoms with Gasteiger partial charge in [0.15, 0.2) is 0 Å². The molecular formula is C16H28N4O5S. The van der Waals surface area contributed by atoms with Gasteiger partial charge < -0.3 is 26.4 Å². The lowest BCUT2D eigenvalue weighted by molar-refractivity contribution is -0.142. The Kier molecular flexibility index (Phi) is 8.86. The van der Waals surface area contributed by atoms with E-state index in [-0.39, 0.29) is 23.6 Å². The molecule has 0 radical (unpaired) electrons. The van der Waals surface area contributed by atoms with Gasteiger partial charge in [-0.1, -0.05) is 13.8 Å². The Balaban J connectivity index is 2.69. The molecule has 0 bridgehead atoms.